The first-order chi connectivity index (χ1) is 8.89. The van der Waals surface area contributed by atoms with Crippen LogP contribution < -0.4 is 5.32 Å². The molecule has 1 heterocycles. The molecule has 1 aliphatic rings. The molecular weight excluding hydrogens is 261 g/mol. The number of alkyl halides is 3. The summed E-state index contributed by atoms with van der Waals surface area (Å²) in [6.07, 6.45) is -3.38. The molecule has 0 radical (unpaired) electrons. The summed E-state index contributed by atoms with van der Waals surface area (Å²) in [6.45, 7) is 1.61. The van der Waals surface area contributed by atoms with Gasteiger partial charge in [0.1, 0.15) is 0 Å². The molecule has 1 saturated heterocycles. The Morgan fingerprint density at radius 2 is 2.11 bits per heavy atom. The van der Waals surface area contributed by atoms with Crippen LogP contribution in [0.15, 0.2) is 0 Å². The predicted octanol–water partition coefficient (Wildman–Crippen LogP) is 1.15. The fraction of sp³-hybridized carbons (Fsp3) is 0.917. The average Bonchev–Trinajstić information content (AvgIpc) is 2.83. The van der Waals surface area contributed by atoms with Crippen LogP contribution in [0.2, 0.25) is 0 Å². The zero-order valence-electron chi connectivity index (χ0n) is 11.1. The van der Waals surface area contributed by atoms with Crippen LogP contribution in [-0.4, -0.2) is 54.9 Å². The van der Waals surface area contributed by atoms with E-state index in [-0.39, 0.29) is 39.2 Å². The van der Waals surface area contributed by atoms with Crippen LogP contribution in [0.4, 0.5) is 13.2 Å². The number of nitrogens with zero attached hydrogens (tertiary/aromatic N) is 1. The van der Waals surface area contributed by atoms with Crippen LogP contribution in [-0.2, 0) is 4.79 Å². The molecule has 1 amide bonds. The summed E-state index contributed by atoms with van der Waals surface area (Å²) in [5.41, 5.74) is -2.32. The van der Waals surface area contributed by atoms with Gasteiger partial charge < -0.3 is 15.3 Å². The molecular formula is C12H21F3N2O2. The van der Waals surface area contributed by atoms with Crippen molar-refractivity contribution in [3.63, 3.8) is 0 Å². The third-order valence-electron chi connectivity index (χ3n) is 3.55. The third-order valence-corrected chi connectivity index (χ3v) is 3.55. The molecule has 0 spiro atoms. The van der Waals surface area contributed by atoms with Gasteiger partial charge in [0.15, 0.2) is 5.41 Å². The van der Waals surface area contributed by atoms with Crippen molar-refractivity contribution in [3.8, 4) is 0 Å². The highest BCUT2D eigenvalue weighted by Crippen LogP contribution is 2.44. The van der Waals surface area contributed by atoms with Gasteiger partial charge in [-0.05, 0) is 19.4 Å². The topological polar surface area (TPSA) is 52.6 Å². The Morgan fingerprint density at radius 1 is 1.42 bits per heavy atom. The number of halogens is 3. The van der Waals surface area contributed by atoms with E-state index < -0.39 is 17.5 Å². The maximum Gasteiger partial charge on any atom is 0.404 e. The van der Waals surface area contributed by atoms with E-state index in [2.05, 4.69) is 5.32 Å². The quantitative estimate of drug-likeness (QED) is 0.768. The van der Waals surface area contributed by atoms with Gasteiger partial charge in [-0.2, -0.15) is 13.2 Å². The number of unbranched alkanes of at least 4 members (excludes halogenated alkanes) is 1. The summed E-state index contributed by atoms with van der Waals surface area (Å²) >= 11 is 0. The largest absolute Gasteiger partial charge is 0.404 e. The molecule has 1 rings (SSSR count). The molecule has 1 unspecified atom stereocenters. The van der Waals surface area contributed by atoms with Crippen LogP contribution in [0.25, 0.3) is 0 Å². The normalized spacial score (nSPS) is 23.6. The van der Waals surface area contributed by atoms with Gasteiger partial charge in [-0.1, -0.05) is 13.3 Å². The van der Waals surface area contributed by atoms with Gasteiger partial charge in [-0.3, -0.25) is 4.79 Å². The van der Waals surface area contributed by atoms with Crippen molar-refractivity contribution < 1.29 is 23.1 Å². The summed E-state index contributed by atoms with van der Waals surface area (Å²) in [6, 6.07) is 0. The van der Waals surface area contributed by atoms with Crippen LogP contribution in [0, 0.1) is 5.41 Å². The first kappa shape index (κ1) is 16.2. The van der Waals surface area contributed by atoms with E-state index >= 15 is 0 Å². The maximum atomic E-state index is 13.2. The fourth-order valence-electron chi connectivity index (χ4n) is 2.32. The van der Waals surface area contributed by atoms with E-state index in [1.54, 1.807) is 0 Å². The number of aliphatic hydroxyl groups excluding tert-OH is 1. The van der Waals surface area contributed by atoms with Crippen molar-refractivity contribution in [2.24, 2.45) is 5.41 Å². The number of hydrogen-bond acceptors (Lipinski definition) is 3. The van der Waals surface area contributed by atoms with Crippen molar-refractivity contribution in [3.05, 3.63) is 0 Å². The molecule has 0 bridgehead atoms. The second-order valence-electron chi connectivity index (χ2n) is 4.88. The van der Waals surface area contributed by atoms with E-state index in [0.717, 1.165) is 11.3 Å². The Bertz CT molecular complexity index is 302. The van der Waals surface area contributed by atoms with Crippen LogP contribution in [0.1, 0.15) is 26.2 Å². The summed E-state index contributed by atoms with van der Waals surface area (Å²) < 4.78 is 39.7. The second kappa shape index (κ2) is 6.56. The molecule has 0 aromatic heterocycles. The first-order valence-corrected chi connectivity index (χ1v) is 6.56. The van der Waals surface area contributed by atoms with Crippen molar-refractivity contribution in [2.45, 2.75) is 32.4 Å². The lowest BCUT2D eigenvalue weighted by molar-refractivity contribution is -0.222. The Labute approximate surface area is 111 Å². The van der Waals surface area contributed by atoms with E-state index in [4.69, 9.17) is 5.11 Å². The first-order valence-electron chi connectivity index (χ1n) is 6.56. The lowest BCUT2D eigenvalue weighted by atomic mass is 9.84. The molecule has 2 N–H and O–H groups in total. The molecule has 0 aliphatic carbocycles. The Morgan fingerprint density at radius 3 is 2.53 bits per heavy atom. The lowest BCUT2D eigenvalue weighted by Crippen LogP contribution is -2.54. The van der Waals surface area contributed by atoms with Gasteiger partial charge in [-0.15, -0.1) is 0 Å². The van der Waals surface area contributed by atoms with Gasteiger partial charge in [0, 0.05) is 19.6 Å². The number of carbonyl (C=O) groups excluding carboxylic acids is 1. The Balaban J connectivity index is 2.90. The smallest absolute Gasteiger partial charge is 0.395 e. The lowest BCUT2D eigenvalue weighted by Gasteiger charge is -2.35. The standard InChI is InChI=1S/C12H21F3N2O2/c1-2-3-6-17(7-8-18)10(19)11(12(13,14)15)4-5-16-9-11/h16,18H,2-9H2,1H3. The predicted molar refractivity (Wildman–Crippen MR) is 64.5 cm³/mol. The van der Waals surface area contributed by atoms with Gasteiger partial charge >= 0.3 is 6.18 Å². The number of carbonyl (C=O) groups is 1. The summed E-state index contributed by atoms with van der Waals surface area (Å²) in [4.78, 5) is 13.4. The summed E-state index contributed by atoms with van der Waals surface area (Å²) in [5, 5.41) is 11.5. The molecule has 1 fully saturated rings. The average molecular weight is 282 g/mol. The molecule has 112 valence electrons. The van der Waals surface area contributed by atoms with Crippen LogP contribution in [0.5, 0.6) is 0 Å². The number of amides is 1. The van der Waals surface area contributed by atoms with Crippen LogP contribution in [0.3, 0.4) is 0 Å². The summed E-state index contributed by atoms with van der Waals surface area (Å²) in [7, 11) is 0. The minimum Gasteiger partial charge on any atom is -0.395 e. The van der Waals surface area contributed by atoms with Gasteiger partial charge in [-0.25, -0.2) is 0 Å². The van der Waals surface area contributed by atoms with Gasteiger partial charge in [0.25, 0.3) is 0 Å². The van der Waals surface area contributed by atoms with Crippen LogP contribution >= 0.6 is 0 Å². The maximum absolute atomic E-state index is 13.2. The highest BCUT2D eigenvalue weighted by atomic mass is 19.4. The number of rotatable bonds is 6. The zero-order chi connectivity index (χ0) is 14.5. The number of hydrogen-bond donors (Lipinski definition) is 2. The van der Waals surface area contributed by atoms with E-state index in [0.29, 0.717) is 6.42 Å². The van der Waals surface area contributed by atoms with E-state index in [1.807, 2.05) is 6.92 Å². The third kappa shape index (κ3) is 3.39. The minimum atomic E-state index is -4.56. The second-order valence-corrected chi connectivity index (χ2v) is 4.88. The fourth-order valence-corrected chi connectivity index (χ4v) is 2.32. The molecule has 1 aliphatic heterocycles. The van der Waals surface area contributed by atoms with Gasteiger partial charge in [0.05, 0.1) is 6.61 Å². The monoisotopic (exact) mass is 282 g/mol. The van der Waals surface area contributed by atoms with Crippen molar-refractivity contribution in [1.82, 2.24) is 10.2 Å². The number of nitrogens with one attached hydrogen (secondary N) is 1. The highest BCUT2D eigenvalue weighted by molar-refractivity contribution is 5.84. The molecule has 19 heavy (non-hydrogen) atoms. The molecule has 0 aromatic rings. The Hall–Kier alpha value is -0.820. The number of aliphatic hydroxyl groups is 1. The zero-order valence-corrected chi connectivity index (χ0v) is 11.1. The van der Waals surface area contributed by atoms with Gasteiger partial charge in [0.2, 0.25) is 5.91 Å². The highest BCUT2D eigenvalue weighted by Gasteiger charge is 2.62. The van der Waals surface area contributed by atoms with Crippen molar-refractivity contribution in [1.29, 1.82) is 0 Å². The molecule has 0 saturated carbocycles. The Kier molecular flexibility index (Phi) is 5.61. The molecule has 4 nitrogen and oxygen atoms in total. The van der Waals surface area contributed by atoms with Crippen molar-refractivity contribution in [2.75, 3.05) is 32.8 Å². The molecule has 1 atom stereocenters. The SMILES string of the molecule is CCCCN(CCO)C(=O)C1(C(F)(F)F)CCNC1. The van der Waals surface area contributed by atoms with E-state index in [1.165, 1.54) is 0 Å². The van der Waals surface area contributed by atoms with E-state index in [9.17, 15) is 18.0 Å². The summed E-state index contributed by atoms with van der Waals surface area (Å²) in [5.74, 6) is -0.910. The van der Waals surface area contributed by atoms with Crippen molar-refractivity contribution >= 4 is 5.91 Å². The minimum absolute atomic E-state index is 0.0450. The molecule has 7 heteroatoms. The molecule has 0 aromatic carbocycles.